The number of ether oxygens (including phenoxy) is 1. The lowest BCUT2D eigenvalue weighted by Gasteiger charge is -2.10. The van der Waals surface area contributed by atoms with Gasteiger partial charge in [0.15, 0.2) is 11.6 Å². The molecule has 0 fully saturated rings. The van der Waals surface area contributed by atoms with E-state index in [0.717, 1.165) is 6.07 Å². The molecule has 0 atom stereocenters. The van der Waals surface area contributed by atoms with Crippen LogP contribution in [0.5, 0.6) is 11.5 Å². The Morgan fingerprint density at radius 1 is 1.33 bits per heavy atom. The van der Waals surface area contributed by atoms with E-state index in [1.807, 2.05) is 0 Å². The van der Waals surface area contributed by atoms with Crippen molar-refractivity contribution < 1.29 is 18.7 Å². The zero-order valence-corrected chi connectivity index (χ0v) is 10.7. The quantitative estimate of drug-likeness (QED) is 0.844. The van der Waals surface area contributed by atoms with Crippen molar-refractivity contribution in [3.63, 3.8) is 0 Å². The number of nitrogens with zero attached hydrogens (tertiary/aromatic N) is 1. The Kier molecular flexibility index (Phi) is 3.23. The monoisotopic (exact) mass is 287 g/mol. The number of fused-ring (bicyclic) bond motifs is 1. The van der Waals surface area contributed by atoms with E-state index in [0.29, 0.717) is 29.2 Å². The third kappa shape index (κ3) is 2.53. The number of hydrogen-bond acceptors (Lipinski definition) is 4. The molecule has 6 nitrogen and oxygen atoms in total. The normalized spacial score (nSPS) is 12.5. The summed E-state index contributed by atoms with van der Waals surface area (Å²) in [7, 11) is 0. The summed E-state index contributed by atoms with van der Waals surface area (Å²) < 4.78 is 19.4. The summed E-state index contributed by atoms with van der Waals surface area (Å²) >= 11 is 0. The Morgan fingerprint density at radius 3 is 2.95 bits per heavy atom. The molecule has 0 unspecified atom stereocenters. The minimum absolute atomic E-state index is 0.000743. The van der Waals surface area contributed by atoms with Crippen molar-refractivity contribution in [2.75, 3.05) is 10.6 Å². The first-order valence-electron chi connectivity index (χ1n) is 6.12. The number of halogens is 1. The largest absolute Gasteiger partial charge is 0.454 e. The predicted molar refractivity (Wildman–Crippen MR) is 72.7 cm³/mol. The highest BCUT2D eigenvalue weighted by atomic mass is 19.1. The summed E-state index contributed by atoms with van der Waals surface area (Å²) in [4.78, 5) is 25.7. The Balaban J connectivity index is 1.90. The van der Waals surface area contributed by atoms with Gasteiger partial charge in [0.05, 0.1) is 6.42 Å². The first-order valence-corrected chi connectivity index (χ1v) is 6.12. The Morgan fingerprint density at radius 2 is 2.19 bits per heavy atom. The molecule has 0 saturated heterocycles. The molecular formula is C14H10FN3O3. The molecule has 0 bridgehead atoms. The zero-order chi connectivity index (χ0) is 14.8. The maximum atomic E-state index is 13.9. The minimum atomic E-state index is -0.621. The van der Waals surface area contributed by atoms with E-state index in [9.17, 15) is 14.0 Å². The van der Waals surface area contributed by atoms with Gasteiger partial charge in [0.25, 0.3) is 0 Å². The molecule has 3 rings (SSSR count). The number of anilines is 2. The molecule has 2 heterocycles. The average molecular weight is 287 g/mol. The number of aromatic nitrogens is 1. The van der Waals surface area contributed by atoms with Crippen molar-refractivity contribution in [2.45, 2.75) is 6.42 Å². The lowest BCUT2D eigenvalue weighted by molar-refractivity contribution is -0.115. The molecule has 1 aliphatic heterocycles. The molecule has 21 heavy (non-hydrogen) atoms. The van der Waals surface area contributed by atoms with Gasteiger partial charge in [-0.25, -0.2) is 9.37 Å². The summed E-state index contributed by atoms with van der Waals surface area (Å²) in [5.74, 6) is -0.00561. The summed E-state index contributed by atoms with van der Waals surface area (Å²) in [6, 6.07) is 5.63. The van der Waals surface area contributed by atoms with Crippen molar-refractivity contribution in [3.05, 3.63) is 41.8 Å². The molecule has 2 aromatic rings. The van der Waals surface area contributed by atoms with E-state index < -0.39 is 5.82 Å². The van der Waals surface area contributed by atoms with E-state index in [2.05, 4.69) is 15.6 Å². The standard InChI is InChI=1S/C14H10FN3O3/c15-10-5-8(17-7-19)1-2-12(10)21-11-3-4-16-14-9(11)6-13(20)18-14/h1-5,7H,6H2,(H,17,19)(H,16,18,20). The first-order chi connectivity index (χ1) is 10.2. The molecule has 2 amide bonds. The molecular weight excluding hydrogens is 277 g/mol. The Hall–Kier alpha value is -2.96. The van der Waals surface area contributed by atoms with E-state index in [-0.39, 0.29) is 18.1 Å². The highest BCUT2D eigenvalue weighted by Gasteiger charge is 2.23. The van der Waals surface area contributed by atoms with Crippen molar-refractivity contribution >= 4 is 23.8 Å². The van der Waals surface area contributed by atoms with Gasteiger partial charge in [-0.1, -0.05) is 0 Å². The molecule has 0 radical (unpaired) electrons. The van der Waals surface area contributed by atoms with E-state index >= 15 is 0 Å². The van der Waals surface area contributed by atoms with Gasteiger partial charge in [-0.2, -0.15) is 0 Å². The second kappa shape index (κ2) is 5.20. The summed E-state index contributed by atoms with van der Waals surface area (Å²) in [6.45, 7) is 0. The number of carbonyl (C=O) groups excluding carboxylic acids is 2. The molecule has 2 N–H and O–H groups in total. The number of rotatable bonds is 4. The van der Waals surface area contributed by atoms with Crippen LogP contribution in [0.3, 0.4) is 0 Å². The Bertz CT molecular complexity index is 733. The van der Waals surface area contributed by atoms with Crippen LogP contribution in [0.25, 0.3) is 0 Å². The van der Waals surface area contributed by atoms with Gasteiger partial charge in [0, 0.05) is 23.5 Å². The molecule has 1 aliphatic rings. The van der Waals surface area contributed by atoms with E-state index in [1.54, 1.807) is 6.07 Å². The third-order valence-corrected chi connectivity index (χ3v) is 2.99. The fraction of sp³-hybridized carbons (Fsp3) is 0.0714. The number of nitrogens with one attached hydrogen (secondary N) is 2. The van der Waals surface area contributed by atoms with Crippen molar-refractivity contribution in [1.82, 2.24) is 4.98 Å². The van der Waals surface area contributed by atoms with Gasteiger partial charge in [0.2, 0.25) is 12.3 Å². The van der Waals surface area contributed by atoms with Crippen LogP contribution in [0.15, 0.2) is 30.5 Å². The fourth-order valence-electron chi connectivity index (χ4n) is 2.05. The molecule has 1 aromatic heterocycles. The Labute approximate surface area is 118 Å². The van der Waals surface area contributed by atoms with Crippen LogP contribution in [-0.4, -0.2) is 17.3 Å². The van der Waals surface area contributed by atoms with Gasteiger partial charge in [-0.05, 0) is 18.2 Å². The van der Waals surface area contributed by atoms with Crippen LogP contribution in [-0.2, 0) is 16.0 Å². The van der Waals surface area contributed by atoms with Crippen LogP contribution in [0.2, 0.25) is 0 Å². The second-order valence-electron chi connectivity index (χ2n) is 4.37. The molecule has 0 spiro atoms. The van der Waals surface area contributed by atoms with Crippen molar-refractivity contribution in [1.29, 1.82) is 0 Å². The van der Waals surface area contributed by atoms with E-state index in [1.165, 1.54) is 18.3 Å². The van der Waals surface area contributed by atoms with Crippen LogP contribution >= 0.6 is 0 Å². The summed E-state index contributed by atoms with van der Waals surface area (Å²) in [5, 5.41) is 4.94. The first kappa shape index (κ1) is 13.0. The van der Waals surface area contributed by atoms with Gasteiger partial charge in [-0.3, -0.25) is 9.59 Å². The number of carbonyl (C=O) groups is 2. The highest BCUT2D eigenvalue weighted by Crippen LogP contribution is 2.34. The number of pyridine rings is 1. The predicted octanol–water partition coefficient (Wildman–Crippen LogP) is 2.08. The van der Waals surface area contributed by atoms with Crippen LogP contribution in [0.1, 0.15) is 5.56 Å². The topological polar surface area (TPSA) is 80.3 Å². The number of amides is 2. The maximum Gasteiger partial charge on any atom is 0.230 e. The smallest absolute Gasteiger partial charge is 0.230 e. The van der Waals surface area contributed by atoms with Crippen LogP contribution in [0, 0.1) is 5.82 Å². The SMILES string of the molecule is O=CNc1ccc(Oc2ccnc3c2CC(=O)N3)c(F)c1. The average Bonchev–Trinajstić information content (AvgIpc) is 2.83. The number of hydrogen-bond donors (Lipinski definition) is 2. The van der Waals surface area contributed by atoms with Crippen LogP contribution < -0.4 is 15.4 Å². The molecule has 0 saturated carbocycles. The maximum absolute atomic E-state index is 13.9. The third-order valence-electron chi connectivity index (χ3n) is 2.99. The van der Waals surface area contributed by atoms with Crippen molar-refractivity contribution in [2.24, 2.45) is 0 Å². The van der Waals surface area contributed by atoms with Crippen LogP contribution in [0.4, 0.5) is 15.9 Å². The van der Waals surface area contributed by atoms with Crippen molar-refractivity contribution in [3.8, 4) is 11.5 Å². The lowest BCUT2D eigenvalue weighted by atomic mass is 10.2. The van der Waals surface area contributed by atoms with Gasteiger partial charge < -0.3 is 15.4 Å². The molecule has 106 valence electrons. The summed E-state index contributed by atoms with van der Waals surface area (Å²) in [6.07, 6.45) is 2.08. The fourth-order valence-corrected chi connectivity index (χ4v) is 2.05. The van der Waals surface area contributed by atoms with Gasteiger partial charge >= 0.3 is 0 Å². The highest BCUT2D eigenvalue weighted by molar-refractivity contribution is 5.98. The lowest BCUT2D eigenvalue weighted by Crippen LogP contribution is -2.04. The number of benzene rings is 1. The molecule has 1 aromatic carbocycles. The molecule has 0 aliphatic carbocycles. The van der Waals surface area contributed by atoms with Gasteiger partial charge in [-0.15, -0.1) is 0 Å². The summed E-state index contributed by atoms with van der Waals surface area (Å²) in [5.41, 5.74) is 0.920. The van der Waals surface area contributed by atoms with Gasteiger partial charge in [0.1, 0.15) is 11.6 Å². The second-order valence-corrected chi connectivity index (χ2v) is 4.37. The molecule has 7 heteroatoms. The van der Waals surface area contributed by atoms with E-state index in [4.69, 9.17) is 4.74 Å². The minimum Gasteiger partial charge on any atom is -0.454 e. The zero-order valence-electron chi connectivity index (χ0n) is 10.7.